The van der Waals surface area contributed by atoms with Gasteiger partial charge in [-0.15, -0.1) is 0 Å². The van der Waals surface area contributed by atoms with Crippen LogP contribution >= 0.6 is 0 Å². The lowest BCUT2D eigenvalue weighted by atomic mass is 10.2. The molecule has 2 N–H and O–H groups in total. The summed E-state index contributed by atoms with van der Waals surface area (Å²) in [4.78, 5) is 30.8. The first kappa shape index (κ1) is 15.7. The Kier molecular flexibility index (Phi) is 4.56. The van der Waals surface area contributed by atoms with Gasteiger partial charge in [-0.2, -0.15) is 0 Å². The molecule has 0 bridgehead atoms. The Morgan fingerprint density at radius 3 is 2.75 bits per heavy atom. The van der Waals surface area contributed by atoms with Gasteiger partial charge in [-0.3, -0.25) is 9.59 Å². The fourth-order valence-corrected chi connectivity index (χ4v) is 2.37. The summed E-state index contributed by atoms with van der Waals surface area (Å²) in [6.07, 6.45) is 0.146. The molecule has 1 amide bonds. The number of nitrogens with zero attached hydrogens (tertiary/aromatic N) is 1. The molecule has 0 saturated heterocycles. The Hall–Kier alpha value is -3.15. The van der Waals surface area contributed by atoms with Crippen LogP contribution in [-0.4, -0.2) is 29.0 Å². The van der Waals surface area contributed by atoms with Crippen LogP contribution in [0.3, 0.4) is 0 Å². The lowest BCUT2D eigenvalue weighted by Crippen LogP contribution is -2.13. The molecule has 0 aliphatic rings. The van der Waals surface area contributed by atoms with E-state index in [2.05, 4.69) is 20.0 Å². The van der Waals surface area contributed by atoms with E-state index in [0.29, 0.717) is 5.69 Å². The smallest absolute Gasteiger partial charge is 0.306 e. The Labute approximate surface area is 138 Å². The first-order chi connectivity index (χ1) is 11.7. The summed E-state index contributed by atoms with van der Waals surface area (Å²) in [5.41, 5.74) is 3.37. The number of nitrogens with one attached hydrogen (secondary N) is 2. The van der Waals surface area contributed by atoms with Crippen molar-refractivity contribution in [2.24, 2.45) is 0 Å². The average Bonchev–Trinajstić information content (AvgIpc) is 3.04. The van der Waals surface area contributed by atoms with Crippen molar-refractivity contribution in [2.45, 2.75) is 12.8 Å². The molecule has 1 heterocycles. The number of carbonyl (C=O) groups excluding carboxylic acids is 2. The highest BCUT2D eigenvalue weighted by molar-refractivity contribution is 5.93. The van der Waals surface area contributed by atoms with Crippen molar-refractivity contribution in [1.29, 1.82) is 0 Å². The number of aromatic nitrogens is 2. The predicted molar refractivity (Wildman–Crippen MR) is 91.4 cm³/mol. The number of rotatable bonds is 5. The number of hydrogen-bond donors (Lipinski definition) is 2. The molecule has 0 aliphatic carbocycles. The number of para-hydroxylation sites is 2. The summed E-state index contributed by atoms with van der Waals surface area (Å²) < 4.78 is 4.53. The minimum absolute atomic E-state index is 0.0611. The molecule has 122 valence electrons. The van der Waals surface area contributed by atoms with E-state index in [9.17, 15) is 9.59 Å². The molecule has 2 aromatic carbocycles. The Morgan fingerprint density at radius 1 is 1.12 bits per heavy atom. The van der Waals surface area contributed by atoms with E-state index < -0.39 is 5.97 Å². The monoisotopic (exact) mass is 323 g/mol. The number of carbonyl (C=O) groups is 2. The molecule has 0 saturated carbocycles. The van der Waals surface area contributed by atoms with Crippen molar-refractivity contribution in [3.63, 3.8) is 0 Å². The van der Waals surface area contributed by atoms with E-state index in [1.54, 1.807) is 6.07 Å². The number of ether oxygens (including phenoxy) is 1. The van der Waals surface area contributed by atoms with Crippen LogP contribution in [0.15, 0.2) is 48.5 Å². The zero-order chi connectivity index (χ0) is 16.9. The van der Waals surface area contributed by atoms with Crippen molar-refractivity contribution >= 4 is 28.6 Å². The van der Waals surface area contributed by atoms with Crippen LogP contribution in [0.5, 0.6) is 0 Å². The molecular formula is C18H17N3O3. The van der Waals surface area contributed by atoms with Gasteiger partial charge in [0.15, 0.2) is 0 Å². The van der Waals surface area contributed by atoms with E-state index in [-0.39, 0.29) is 18.7 Å². The predicted octanol–water partition coefficient (Wildman–Crippen LogP) is 3.12. The van der Waals surface area contributed by atoms with Gasteiger partial charge in [0, 0.05) is 17.7 Å². The maximum Gasteiger partial charge on any atom is 0.306 e. The lowest BCUT2D eigenvalue weighted by molar-refractivity contribution is -0.141. The van der Waals surface area contributed by atoms with E-state index >= 15 is 0 Å². The number of fused-ring (bicyclic) bond motifs is 1. The molecular weight excluding hydrogens is 306 g/mol. The first-order valence-electron chi connectivity index (χ1n) is 7.57. The fourth-order valence-electron chi connectivity index (χ4n) is 2.37. The second-order valence-corrected chi connectivity index (χ2v) is 5.31. The summed E-state index contributed by atoms with van der Waals surface area (Å²) in [6.45, 7) is 0. The van der Waals surface area contributed by atoms with Crippen molar-refractivity contribution in [3.05, 3.63) is 48.5 Å². The molecule has 0 atom stereocenters. The molecule has 0 spiro atoms. The van der Waals surface area contributed by atoms with Crippen LogP contribution in [0.1, 0.15) is 12.8 Å². The summed E-state index contributed by atoms with van der Waals surface area (Å²) in [5, 5.41) is 2.78. The summed E-state index contributed by atoms with van der Waals surface area (Å²) >= 11 is 0. The average molecular weight is 323 g/mol. The minimum atomic E-state index is -0.402. The minimum Gasteiger partial charge on any atom is -0.469 e. The number of imidazole rings is 1. The zero-order valence-electron chi connectivity index (χ0n) is 13.2. The van der Waals surface area contributed by atoms with Crippen LogP contribution in [0, 0.1) is 0 Å². The fraction of sp³-hybridized carbons (Fsp3) is 0.167. The third-order valence-corrected chi connectivity index (χ3v) is 3.59. The molecule has 0 aliphatic heterocycles. The van der Waals surface area contributed by atoms with E-state index in [4.69, 9.17) is 0 Å². The van der Waals surface area contributed by atoms with Gasteiger partial charge in [-0.25, -0.2) is 4.98 Å². The maximum atomic E-state index is 11.9. The van der Waals surface area contributed by atoms with Crippen molar-refractivity contribution < 1.29 is 14.3 Å². The number of H-pyrrole nitrogens is 1. The maximum absolute atomic E-state index is 11.9. The molecule has 6 heteroatoms. The third kappa shape index (κ3) is 3.60. The van der Waals surface area contributed by atoms with Crippen molar-refractivity contribution in [3.8, 4) is 11.4 Å². The standard InChI is InChI=1S/C18H17N3O3/c1-24-17(23)10-9-16(22)19-13-6-4-5-12(11-13)18-20-14-7-2-3-8-15(14)21-18/h2-8,11H,9-10H2,1H3,(H,19,22)(H,20,21). The Balaban J connectivity index is 1.74. The highest BCUT2D eigenvalue weighted by Crippen LogP contribution is 2.23. The molecule has 1 aromatic heterocycles. The SMILES string of the molecule is COC(=O)CCC(=O)Nc1cccc(-c2nc3ccccc3[nH]2)c1. The van der Waals surface area contributed by atoms with Gasteiger partial charge in [0.1, 0.15) is 5.82 Å². The largest absolute Gasteiger partial charge is 0.469 e. The molecule has 3 aromatic rings. The quantitative estimate of drug-likeness (QED) is 0.707. The first-order valence-corrected chi connectivity index (χ1v) is 7.57. The zero-order valence-corrected chi connectivity index (χ0v) is 13.2. The number of anilines is 1. The van der Waals surface area contributed by atoms with Gasteiger partial charge in [0.05, 0.1) is 24.6 Å². The van der Waals surface area contributed by atoms with Crippen LogP contribution in [-0.2, 0) is 14.3 Å². The topological polar surface area (TPSA) is 84.1 Å². The van der Waals surface area contributed by atoms with Gasteiger partial charge in [0.25, 0.3) is 0 Å². The summed E-state index contributed by atoms with van der Waals surface area (Å²) in [5.74, 6) is 0.102. The highest BCUT2D eigenvalue weighted by Gasteiger charge is 2.09. The Morgan fingerprint density at radius 2 is 1.96 bits per heavy atom. The number of esters is 1. The normalized spacial score (nSPS) is 10.5. The van der Waals surface area contributed by atoms with Gasteiger partial charge in [0.2, 0.25) is 5.91 Å². The number of methoxy groups -OCH3 is 1. The summed E-state index contributed by atoms with van der Waals surface area (Å²) in [7, 11) is 1.30. The molecule has 0 fully saturated rings. The second-order valence-electron chi connectivity index (χ2n) is 5.31. The number of hydrogen-bond acceptors (Lipinski definition) is 4. The van der Waals surface area contributed by atoms with Gasteiger partial charge in [-0.1, -0.05) is 24.3 Å². The summed E-state index contributed by atoms with van der Waals surface area (Å²) in [6, 6.07) is 15.2. The van der Waals surface area contributed by atoms with E-state index in [1.165, 1.54) is 7.11 Å². The van der Waals surface area contributed by atoms with Crippen LogP contribution in [0.25, 0.3) is 22.4 Å². The number of aromatic amines is 1. The van der Waals surface area contributed by atoms with E-state index in [1.807, 2.05) is 42.5 Å². The van der Waals surface area contributed by atoms with Crippen LogP contribution in [0.4, 0.5) is 5.69 Å². The molecule has 24 heavy (non-hydrogen) atoms. The number of benzene rings is 2. The Bertz CT molecular complexity index is 853. The van der Waals surface area contributed by atoms with Gasteiger partial charge < -0.3 is 15.0 Å². The van der Waals surface area contributed by atoms with Crippen molar-refractivity contribution in [1.82, 2.24) is 9.97 Å². The van der Waals surface area contributed by atoms with Crippen LogP contribution in [0.2, 0.25) is 0 Å². The third-order valence-electron chi connectivity index (χ3n) is 3.59. The number of amides is 1. The second kappa shape index (κ2) is 6.95. The molecule has 6 nitrogen and oxygen atoms in total. The van der Waals surface area contributed by atoms with E-state index in [0.717, 1.165) is 22.4 Å². The van der Waals surface area contributed by atoms with Crippen molar-refractivity contribution in [2.75, 3.05) is 12.4 Å². The molecule has 0 unspecified atom stereocenters. The lowest BCUT2D eigenvalue weighted by Gasteiger charge is -2.06. The van der Waals surface area contributed by atoms with Crippen LogP contribution < -0.4 is 5.32 Å². The molecule has 3 rings (SSSR count). The highest BCUT2D eigenvalue weighted by atomic mass is 16.5. The molecule has 0 radical (unpaired) electrons. The van der Waals surface area contributed by atoms with Gasteiger partial charge >= 0.3 is 5.97 Å². The van der Waals surface area contributed by atoms with Gasteiger partial charge in [-0.05, 0) is 24.3 Å².